The highest BCUT2D eigenvalue weighted by atomic mass is 31.2. The summed E-state index contributed by atoms with van der Waals surface area (Å²) < 4.78 is 98.4. The van der Waals surface area contributed by atoms with E-state index in [4.69, 9.17) is 0 Å². The van der Waals surface area contributed by atoms with Crippen molar-refractivity contribution in [1.29, 1.82) is 0 Å². The molecule has 29 heavy (non-hydrogen) atoms. The van der Waals surface area contributed by atoms with E-state index < -0.39 is 51.0 Å². The van der Waals surface area contributed by atoms with E-state index in [9.17, 15) is 35.7 Å². The van der Waals surface area contributed by atoms with Crippen LogP contribution < -0.4 is 5.01 Å². The molecule has 1 unspecified atom stereocenters. The number of hydrogen-bond acceptors (Lipinski definition) is 5. The number of carbonyl (C=O) groups is 1. The fraction of sp³-hybridized carbons (Fsp3) is 0.467. The first kappa shape index (κ1) is 23.3. The molecule has 1 heterocycles. The van der Waals surface area contributed by atoms with Crippen LogP contribution >= 0.6 is 7.75 Å². The summed E-state index contributed by atoms with van der Waals surface area (Å²) in [5, 5.41) is 2.41. The molecule has 162 valence electrons. The third kappa shape index (κ3) is 6.26. The number of alkyl halides is 6. The van der Waals surface area contributed by atoms with Crippen molar-refractivity contribution in [1.82, 2.24) is 5.01 Å². The first-order valence-electron chi connectivity index (χ1n) is 7.97. The summed E-state index contributed by atoms with van der Waals surface area (Å²) >= 11 is 0. The molecule has 0 aliphatic carbocycles. The average molecular weight is 447 g/mol. The summed E-state index contributed by atoms with van der Waals surface area (Å²) in [5.41, 5.74) is -0.205. The lowest BCUT2D eigenvalue weighted by Gasteiger charge is -2.25. The summed E-state index contributed by atoms with van der Waals surface area (Å²) in [7, 11) is -3.87. The van der Waals surface area contributed by atoms with Crippen molar-refractivity contribution in [3.8, 4) is 0 Å². The Morgan fingerprint density at radius 1 is 1.03 bits per heavy atom. The Morgan fingerprint density at radius 3 is 1.97 bits per heavy atom. The number of amides is 1. The van der Waals surface area contributed by atoms with Crippen molar-refractivity contribution in [3.05, 3.63) is 30.3 Å². The molecule has 1 fully saturated rings. The van der Waals surface area contributed by atoms with Gasteiger partial charge in [-0.15, -0.1) is 0 Å². The molecular formula is C15H16F6N3O4P. The van der Waals surface area contributed by atoms with E-state index in [1.165, 1.54) is 19.0 Å². The van der Waals surface area contributed by atoms with Gasteiger partial charge in [0.2, 0.25) is 0 Å². The van der Waals surface area contributed by atoms with Crippen LogP contribution in [0.1, 0.15) is 6.92 Å². The molecule has 1 aromatic rings. The average Bonchev–Trinajstić information content (AvgIpc) is 2.82. The van der Waals surface area contributed by atoms with Crippen molar-refractivity contribution >= 4 is 25.1 Å². The molecular weight excluding hydrogens is 431 g/mol. The van der Waals surface area contributed by atoms with Crippen LogP contribution in [0, 0.1) is 0 Å². The maximum Gasteiger partial charge on any atom is 0.454 e. The minimum Gasteiger partial charge on any atom is -0.281 e. The number of hydrogen-bond donors (Lipinski definition) is 0. The molecule has 1 aliphatic rings. The topological polar surface area (TPSA) is 71.4 Å². The number of para-hydroxylation sites is 1. The van der Waals surface area contributed by atoms with E-state index >= 15 is 0 Å². The summed E-state index contributed by atoms with van der Waals surface area (Å²) in [4.78, 5) is 12.7. The van der Waals surface area contributed by atoms with Gasteiger partial charge in [-0.2, -0.15) is 31.1 Å². The molecule has 1 aromatic carbocycles. The molecule has 0 N–H and O–H groups in total. The van der Waals surface area contributed by atoms with Gasteiger partial charge in [-0.25, -0.2) is 14.6 Å². The van der Waals surface area contributed by atoms with Crippen molar-refractivity contribution in [3.63, 3.8) is 0 Å². The Kier molecular flexibility index (Phi) is 6.78. The Hall–Kier alpha value is -1.95. The van der Waals surface area contributed by atoms with Crippen LogP contribution in [0.3, 0.4) is 0 Å². The molecule has 1 saturated heterocycles. The van der Waals surface area contributed by atoms with Gasteiger partial charge < -0.3 is 0 Å². The summed E-state index contributed by atoms with van der Waals surface area (Å²) in [6.07, 6.45) is -10.0. The molecule has 0 radical (unpaired) electrons. The summed E-state index contributed by atoms with van der Waals surface area (Å²) in [6, 6.07) is 7.06. The standard InChI is InChI=1S/C15H16F6N3O4P/c1-10-12(13(25)24(23(10)2)11-6-4-3-5-7-11)22-29(26,27-8-14(16,17)18)28-9-15(19,20)21/h3-7,10H,8-9H2,1-2H3. The van der Waals surface area contributed by atoms with Crippen LogP contribution in [0.2, 0.25) is 0 Å². The van der Waals surface area contributed by atoms with E-state index in [2.05, 4.69) is 13.8 Å². The van der Waals surface area contributed by atoms with Crippen LogP contribution in [0.4, 0.5) is 32.0 Å². The van der Waals surface area contributed by atoms with Crippen molar-refractivity contribution in [2.75, 3.05) is 25.3 Å². The second-order valence-corrected chi connectivity index (χ2v) is 7.59. The zero-order valence-corrected chi connectivity index (χ0v) is 16.0. The smallest absolute Gasteiger partial charge is 0.281 e. The van der Waals surface area contributed by atoms with Gasteiger partial charge >= 0.3 is 20.1 Å². The highest BCUT2D eigenvalue weighted by molar-refractivity contribution is 7.52. The first-order chi connectivity index (χ1) is 13.2. The highest BCUT2D eigenvalue weighted by Gasteiger charge is 2.44. The molecule has 1 aliphatic heterocycles. The normalized spacial score (nSPS) is 20.7. The van der Waals surface area contributed by atoms with E-state index in [1.807, 2.05) is 0 Å². The number of benzene rings is 1. The maximum atomic E-state index is 12.7. The second kappa shape index (κ2) is 8.42. The van der Waals surface area contributed by atoms with Gasteiger partial charge in [0.15, 0.2) is 13.2 Å². The van der Waals surface area contributed by atoms with Crippen LogP contribution in [-0.4, -0.2) is 55.3 Å². The second-order valence-electron chi connectivity index (χ2n) is 5.93. The minimum atomic E-state index is -5.31. The lowest BCUT2D eigenvalue weighted by atomic mass is 10.2. The van der Waals surface area contributed by atoms with E-state index in [1.54, 1.807) is 30.3 Å². The Bertz CT molecular complexity index is 793. The predicted molar refractivity (Wildman–Crippen MR) is 90.2 cm³/mol. The first-order valence-corrected chi connectivity index (χ1v) is 9.47. The third-order valence-corrected chi connectivity index (χ3v) is 5.07. The lowest BCUT2D eigenvalue weighted by Crippen LogP contribution is -2.38. The maximum absolute atomic E-state index is 12.7. The van der Waals surface area contributed by atoms with Gasteiger partial charge in [-0.05, 0) is 19.1 Å². The quantitative estimate of drug-likeness (QED) is 0.488. The Labute approximate surface area is 161 Å². The molecule has 14 heteroatoms. The minimum absolute atomic E-state index is 0.360. The van der Waals surface area contributed by atoms with Gasteiger partial charge in [0.1, 0.15) is 5.71 Å². The lowest BCUT2D eigenvalue weighted by molar-refractivity contribution is -0.165. The third-order valence-electron chi connectivity index (χ3n) is 3.70. The highest BCUT2D eigenvalue weighted by Crippen LogP contribution is 2.52. The molecule has 0 aromatic heterocycles. The largest absolute Gasteiger partial charge is 0.454 e. The van der Waals surface area contributed by atoms with Crippen LogP contribution in [0.25, 0.3) is 0 Å². The van der Waals surface area contributed by atoms with Gasteiger partial charge in [-0.1, -0.05) is 18.2 Å². The van der Waals surface area contributed by atoms with Crippen molar-refractivity contribution in [2.24, 2.45) is 4.76 Å². The van der Waals surface area contributed by atoms with Crippen LogP contribution in [0.5, 0.6) is 0 Å². The van der Waals surface area contributed by atoms with E-state index in [0.29, 0.717) is 5.69 Å². The van der Waals surface area contributed by atoms with Gasteiger partial charge in [0.05, 0.1) is 11.7 Å². The molecule has 0 bridgehead atoms. The summed E-state index contributed by atoms with van der Waals surface area (Å²) in [6.45, 7) is -2.93. The molecule has 1 atom stereocenters. The molecule has 1 amide bonds. The van der Waals surface area contributed by atoms with Crippen molar-refractivity contribution in [2.45, 2.75) is 25.3 Å². The SMILES string of the molecule is CC1C(=NP(=O)(OCC(F)(F)F)OCC(F)(F)F)C(=O)N(c2ccccc2)N1C. The van der Waals surface area contributed by atoms with Crippen molar-refractivity contribution < 1.29 is 44.7 Å². The molecule has 7 nitrogen and oxygen atoms in total. The van der Waals surface area contributed by atoms with Crippen LogP contribution in [-0.2, 0) is 18.4 Å². The number of rotatable bonds is 6. The van der Waals surface area contributed by atoms with Gasteiger partial charge in [0.25, 0.3) is 5.91 Å². The number of halogens is 6. The number of nitrogens with zero attached hydrogens (tertiary/aromatic N) is 3. The fourth-order valence-electron chi connectivity index (χ4n) is 2.31. The Balaban J connectivity index is 2.37. The number of hydrazine groups is 1. The number of anilines is 1. The van der Waals surface area contributed by atoms with Gasteiger partial charge in [0, 0.05) is 7.05 Å². The zero-order chi connectivity index (χ0) is 22.0. The molecule has 0 saturated carbocycles. The zero-order valence-electron chi connectivity index (χ0n) is 15.1. The molecule has 0 spiro atoms. The fourth-order valence-corrected chi connectivity index (χ4v) is 3.64. The monoisotopic (exact) mass is 447 g/mol. The molecule has 2 rings (SSSR count). The number of carbonyl (C=O) groups excluding carboxylic acids is 1. The van der Waals surface area contributed by atoms with Crippen LogP contribution in [0.15, 0.2) is 35.1 Å². The van der Waals surface area contributed by atoms with Gasteiger partial charge in [-0.3, -0.25) is 13.8 Å². The summed E-state index contributed by atoms with van der Waals surface area (Å²) in [5.74, 6) is -0.891. The van der Waals surface area contributed by atoms with E-state index in [-0.39, 0.29) is 0 Å². The van der Waals surface area contributed by atoms with E-state index in [0.717, 1.165) is 5.01 Å². The Morgan fingerprint density at radius 2 is 1.52 bits per heavy atom. The predicted octanol–water partition coefficient (Wildman–Crippen LogP) is 3.98.